The van der Waals surface area contributed by atoms with Crippen LogP contribution in [0.4, 0.5) is 0 Å². The Morgan fingerprint density at radius 2 is 1.81 bits per heavy atom. The van der Waals surface area contributed by atoms with Gasteiger partial charge in [-0.2, -0.15) is 0 Å². The molecule has 1 N–H and O–H groups in total. The summed E-state index contributed by atoms with van der Waals surface area (Å²) < 4.78 is 27.8. The lowest BCUT2D eigenvalue weighted by Gasteiger charge is -2.45. The highest BCUT2D eigenvalue weighted by Crippen LogP contribution is 2.45. The van der Waals surface area contributed by atoms with Crippen molar-refractivity contribution in [1.82, 2.24) is 9.71 Å². The quantitative estimate of drug-likeness (QED) is 0.861. The Bertz CT molecular complexity index is 610. The van der Waals surface area contributed by atoms with Crippen molar-refractivity contribution in [3.63, 3.8) is 0 Å². The van der Waals surface area contributed by atoms with E-state index in [-0.39, 0.29) is 26.9 Å². The van der Waals surface area contributed by atoms with E-state index in [0.717, 1.165) is 19.3 Å². The van der Waals surface area contributed by atoms with Crippen molar-refractivity contribution < 1.29 is 8.42 Å². The van der Waals surface area contributed by atoms with Crippen LogP contribution in [0.15, 0.2) is 23.2 Å². The second-order valence-electron chi connectivity index (χ2n) is 7.52. The van der Waals surface area contributed by atoms with E-state index in [1.54, 1.807) is 6.07 Å². The molecule has 1 saturated carbocycles. The number of aromatic nitrogens is 1. The van der Waals surface area contributed by atoms with Gasteiger partial charge in [-0.1, -0.05) is 39.3 Å². The summed E-state index contributed by atoms with van der Waals surface area (Å²) in [7, 11) is -3.64. The van der Waals surface area contributed by atoms with Crippen LogP contribution in [0.3, 0.4) is 0 Å². The molecule has 6 heteroatoms. The second kappa shape index (κ2) is 5.52. The molecule has 118 valence electrons. The van der Waals surface area contributed by atoms with Crippen LogP contribution >= 0.6 is 11.6 Å². The third kappa shape index (κ3) is 4.18. The van der Waals surface area contributed by atoms with E-state index in [1.165, 1.54) is 12.3 Å². The number of halogens is 1. The number of pyridine rings is 1. The van der Waals surface area contributed by atoms with Crippen LogP contribution in [0.1, 0.15) is 47.0 Å². The van der Waals surface area contributed by atoms with Gasteiger partial charge in [0, 0.05) is 12.2 Å². The van der Waals surface area contributed by atoms with Crippen LogP contribution < -0.4 is 4.72 Å². The van der Waals surface area contributed by atoms with E-state index in [2.05, 4.69) is 37.4 Å². The first kappa shape index (κ1) is 16.7. The molecule has 21 heavy (non-hydrogen) atoms. The lowest BCUT2D eigenvalue weighted by Crippen LogP contribution is -2.46. The standard InChI is InChI=1S/C15H23ClN2O2S/c1-14(2)8-11(9-15(3,4)10-14)18-21(19,20)12-6-5-7-17-13(12)16/h5-7,11,18H,8-10H2,1-4H3. The molecule has 0 atom stereocenters. The van der Waals surface area contributed by atoms with Crippen LogP contribution in [0, 0.1) is 10.8 Å². The normalized spacial score (nSPS) is 22.1. The fourth-order valence-corrected chi connectivity index (χ4v) is 5.47. The number of nitrogens with one attached hydrogen (secondary N) is 1. The van der Waals surface area contributed by atoms with Crippen LogP contribution in [0.2, 0.25) is 5.15 Å². The smallest absolute Gasteiger partial charge is 0.243 e. The Morgan fingerprint density at radius 1 is 1.24 bits per heavy atom. The van der Waals surface area contributed by atoms with Gasteiger partial charge < -0.3 is 0 Å². The van der Waals surface area contributed by atoms with Gasteiger partial charge >= 0.3 is 0 Å². The molecule has 0 aliphatic heterocycles. The van der Waals surface area contributed by atoms with Crippen molar-refractivity contribution in [2.75, 3.05) is 0 Å². The molecule has 0 spiro atoms. The molecule has 1 fully saturated rings. The van der Waals surface area contributed by atoms with Gasteiger partial charge in [0.25, 0.3) is 0 Å². The van der Waals surface area contributed by atoms with Crippen LogP contribution in [-0.4, -0.2) is 19.4 Å². The molecule has 4 nitrogen and oxygen atoms in total. The molecule has 0 amide bonds. The Hall–Kier alpha value is -0.650. The first-order valence-electron chi connectivity index (χ1n) is 7.14. The van der Waals surface area contributed by atoms with Gasteiger partial charge in [0.1, 0.15) is 10.0 Å². The number of nitrogens with zero attached hydrogens (tertiary/aromatic N) is 1. The predicted molar refractivity (Wildman–Crippen MR) is 84.8 cm³/mol. The van der Waals surface area contributed by atoms with E-state index in [0.29, 0.717) is 0 Å². The van der Waals surface area contributed by atoms with Gasteiger partial charge in [-0.3, -0.25) is 0 Å². The minimum absolute atomic E-state index is 0.0133. The molecule has 0 unspecified atom stereocenters. The maximum Gasteiger partial charge on any atom is 0.243 e. The molecule has 1 aliphatic rings. The maximum atomic E-state index is 12.5. The van der Waals surface area contributed by atoms with E-state index in [4.69, 9.17) is 11.6 Å². The summed E-state index contributed by atoms with van der Waals surface area (Å²) in [4.78, 5) is 3.89. The first-order valence-corrected chi connectivity index (χ1v) is 9.00. The zero-order valence-electron chi connectivity index (χ0n) is 13.0. The maximum absolute atomic E-state index is 12.5. The van der Waals surface area contributed by atoms with Gasteiger partial charge in [-0.25, -0.2) is 18.1 Å². The highest BCUT2D eigenvalue weighted by atomic mass is 35.5. The molecular weight excluding hydrogens is 308 g/mol. The van der Waals surface area contributed by atoms with Crippen molar-refractivity contribution in [3.05, 3.63) is 23.5 Å². The minimum Gasteiger partial charge on any atom is -0.243 e. The predicted octanol–water partition coefficient (Wildman–Crippen LogP) is 3.62. The molecule has 1 aromatic rings. The van der Waals surface area contributed by atoms with Crippen molar-refractivity contribution in [1.29, 1.82) is 0 Å². The van der Waals surface area contributed by atoms with Crippen LogP contribution in [0.5, 0.6) is 0 Å². The molecule has 0 radical (unpaired) electrons. The average Bonchev–Trinajstić information content (AvgIpc) is 2.23. The second-order valence-corrected chi connectivity index (χ2v) is 9.56. The van der Waals surface area contributed by atoms with Crippen LogP contribution in [-0.2, 0) is 10.0 Å². The first-order chi connectivity index (χ1) is 9.51. The fraction of sp³-hybridized carbons (Fsp3) is 0.667. The Morgan fingerprint density at radius 3 is 2.33 bits per heavy atom. The fourth-order valence-electron chi connectivity index (χ4n) is 3.78. The summed E-state index contributed by atoms with van der Waals surface area (Å²) in [5.74, 6) is 0. The van der Waals surface area contributed by atoms with E-state index < -0.39 is 10.0 Å². The summed E-state index contributed by atoms with van der Waals surface area (Å²) in [6, 6.07) is 2.98. The summed E-state index contributed by atoms with van der Waals surface area (Å²) in [5, 5.41) is 0.0133. The molecule has 0 bridgehead atoms. The number of rotatable bonds is 3. The Kier molecular flexibility index (Phi) is 4.40. The Labute approximate surface area is 132 Å². The van der Waals surface area contributed by atoms with Crippen LogP contribution in [0.25, 0.3) is 0 Å². The monoisotopic (exact) mass is 330 g/mol. The van der Waals surface area contributed by atoms with Gasteiger partial charge in [-0.05, 0) is 42.2 Å². The van der Waals surface area contributed by atoms with E-state index >= 15 is 0 Å². The molecule has 1 aliphatic carbocycles. The lowest BCUT2D eigenvalue weighted by molar-refractivity contribution is 0.0934. The minimum atomic E-state index is -3.64. The van der Waals surface area contributed by atoms with E-state index in [9.17, 15) is 8.42 Å². The summed E-state index contributed by atoms with van der Waals surface area (Å²) >= 11 is 5.91. The largest absolute Gasteiger partial charge is 0.243 e. The Balaban J connectivity index is 2.23. The highest BCUT2D eigenvalue weighted by molar-refractivity contribution is 7.89. The zero-order chi connectivity index (χ0) is 15.9. The molecule has 1 heterocycles. The van der Waals surface area contributed by atoms with Crippen molar-refractivity contribution in [2.45, 2.75) is 57.9 Å². The molecule has 0 aromatic carbocycles. The summed E-state index contributed by atoms with van der Waals surface area (Å²) in [5.41, 5.74) is 0.237. The number of hydrogen-bond donors (Lipinski definition) is 1. The van der Waals surface area contributed by atoms with Crippen molar-refractivity contribution in [2.24, 2.45) is 10.8 Å². The average molecular weight is 331 g/mol. The van der Waals surface area contributed by atoms with Gasteiger partial charge in [-0.15, -0.1) is 0 Å². The molecule has 0 saturated heterocycles. The lowest BCUT2D eigenvalue weighted by atomic mass is 9.64. The number of sulfonamides is 1. The van der Waals surface area contributed by atoms with E-state index in [1.807, 2.05) is 0 Å². The topological polar surface area (TPSA) is 59.1 Å². The SMILES string of the molecule is CC1(C)CC(NS(=O)(=O)c2cccnc2Cl)CC(C)(C)C1. The van der Waals surface area contributed by atoms with Gasteiger partial charge in [0.05, 0.1) is 0 Å². The van der Waals surface area contributed by atoms with Gasteiger partial charge in [0.2, 0.25) is 10.0 Å². The number of hydrogen-bond acceptors (Lipinski definition) is 3. The third-order valence-electron chi connectivity index (χ3n) is 3.89. The zero-order valence-corrected chi connectivity index (χ0v) is 14.6. The molecular formula is C15H23ClN2O2S. The third-order valence-corrected chi connectivity index (χ3v) is 5.86. The van der Waals surface area contributed by atoms with Crippen molar-refractivity contribution in [3.8, 4) is 0 Å². The molecule has 1 aromatic heterocycles. The molecule has 2 rings (SSSR count). The van der Waals surface area contributed by atoms with Gasteiger partial charge in [0.15, 0.2) is 0 Å². The van der Waals surface area contributed by atoms with Crippen molar-refractivity contribution >= 4 is 21.6 Å². The summed E-state index contributed by atoms with van der Waals surface area (Å²) in [6.45, 7) is 8.75. The summed E-state index contributed by atoms with van der Waals surface area (Å²) in [6.07, 6.45) is 4.22. The highest BCUT2D eigenvalue weighted by Gasteiger charge is 2.40.